The molecule has 0 fully saturated rings. The number of carbonyl (C=O) groups excluding carboxylic acids is 1. The van der Waals surface area contributed by atoms with Crippen LogP contribution in [0.5, 0.6) is 0 Å². The lowest BCUT2D eigenvalue weighted by Crippen LogP contribution is -2.23. The number of aliphatic hydroxyl groups is 1. The Labute approximate surface area is 118 Å². The van der Waals surface area contributed by atoms with Gasteiger partial charge in [0, 0.05) is 17.4 Å². The van der Waals surface area contributed by atoms with Crippen LogP contribution in [0.25, 0.3) is 0 Å². The van der Waals surface area contributed by atoms with Crippen LogP contribution in [0.15, 0.2) is 42.6 Å². The van der Waals surface area contributed by atoms with E-state index in [9.17, 15) is 18.0 Å². The molecule has 2 rings (SSSR count). The van der Waals surface area contributed by atoms with Gasteiger partial charge in [-0.2, -0.15) is 13.2 Å². The van der Waals surface area contributed by atoms with Crippen molar-refractivity contribution in [3.05, 3.63) is 53.9 Å². The topological polar surface area (TPSA) is 54.3 Å². The van der Waals surface area contributed by atoms with Crippen molar-refractivity contribution < 1.29 is 23.1 Å². The van der Waals surface area contributed by atoms with Crippen LogP contribution < -0.4 is 5.32 Å². The molecule has 0 spiro atoms. The molecule has 21 heavy (non-hydrogen) atoms. The Hall–Kier alpha value is -2.28. The van der Waals surface area contributed by atoms with Crippen molar-refractivity contribution in [3.63, 3.8) is 0 Å². The molecule has 1 amide bonds. The molecule has 1 heterocycles. The zero-order chi connectivity index (χ0) is 15.5. The number of rotatable bonds is 4. The van der Waals surface area contributed by atoms with Gasteiger partial charge in [0.05, 0.1) is 6.61 Å². The quantitative estimate of drug-likeness (QED) is 0.912. The van der Waals surface area contributed by atoms with Crippen molar-refractivity contribution in [2.75, 3.05) is 5.32 Å². The number of hydrogen-bond acceptors (Lipinski definition) is 2. The molecule has 0 radical (unpaired) electrons. The smallest absolute Gasteiger partial charge is 0.392 e. The fourth-order valence-corrected chi connectivity index (χ4v) is 1.92. The third kappa shape index (κ3) is 3.85. The molecule has 2 aromatic rings. The van der Waals surface area contributed by atoms with Crippen LogP contribution in [0, 0.1) is 0 Å². The lowest BCUT2D eigenvalue weighted by Gasteiger charge is -2.13. The van der Waals surface area contributed by atoms with Crippen LogP contribution in [0.4, 0.5) is 18.9 Å². The summed E-state index contributed by atoms with van der Waals surface area (Å²) in [6.45, 7) is -1.51. The van der Waals surface area contributed by atoms with Crippen molar-refractivity contribution >= 4 is 11.6 Å². The predicted octanol–water partition coefficient (Wildman–Crippen LogP) is 2.80. The number of carbonyl (C=O) groups is 1. The molecule has 0 aliphatic carbocycles. The molecule has 0 aliphatic heterocycles. The third-order valence-corrected chi connectivity index (χ3v) is 2.85. The Bertz CT molecular complexity index is 635. The van der Waals surface area contributed by atoms with Crippen molar-refractivity contribution in [3.8, 4) is 0 Å². The highest BCUT2D eigenvalue weighted by Gasteiger charge is 2.29. The van der Waals surface area contributed by atoms with Crippen molar-refractivity contribution in [1.82, 2.24) is 4.57 Å². The lowest BCUT2D eigenvalue weighted by molar-refractivity contribution is -0.140. The number of alkyl halides is 3. The molecule has 0 bridgehead atoms. The van der Waals surface area contributed by atoms with Gasteiger partial charge in [-0.15, -0.1) is 0 Å². The van der Waals surface area contributed by atoms with E-state index >= 15 is 0 Å². The van der Waals surface area contributed by atoms with Crippen LogP contribution in [0.1, 0.15) is 16.1 Å². The molecule has 0 saturated carbocycles. The van der Waals surface area contributed by atoms with E-state index in [0.717, 1.165) is 4.57 Å². The second-order valence-electron chi connectivity index (χ2n) is 4.41. The predicted molar refractivity (Wildman–Crippen MR) is 70.8 cm³/mol. The van der Waals surface area contributed by atoms with Crippen LogP contribution in [-0.4, -0.2) is 21.8 Å². The Morgan fingerprint density at radius 2 is 1.90 bits per heavy atom. The SMILES string of the molecule is O=C(Nc1ccccc1CO)c1cccn1CC(F)(F)F. The number of aliphatic hydroxyl groups excluding tert-OH is 1. The average Bonchev–Trinajstić information content (AvgIpc) is 2.85. The minimum Gasteiger partial charge on any atom is -0.392 e. The number of benzene rings is 1. The van der Waals surface area contributed by atoms with Gasteiger partial charge in [-0.3, -0.25) is 4.79 Å². The number of amides is 1. The summed E-state index contributed by atoms with van der Waals surface area (Å²) in [5.41, 5.74) is 0.754. The molecule has 0 atom stereocenters. The van der Waals surface area contributed by atoms with E-state index in [1.807, 2.05) is 0 Å². The largest absolute Gasteiger partial charge is 0.406 e. The summed E-state index contributed by atoms with van der Waals surface area (Å²) in [5, 5.41) is 11.7. The molecule has 4 nitrogen and oxygen atoms in total. The molecule has 0 saturated heterocycles. The van der Waals surface area contributed by atoms with E-state index in [1.54, 1.807) is 24.3 Å². The van der Waals surface area contributed by atoms with Crippen LogP contribution in [-0.2, 0) is 13.2 Å². The zero-order valence-corrected chi connectivity index (χ0v) is 10.9. The first-order valence-corrected chi connectivity index (χ1v) is 6.13. The molecule has 0 aliphatic rings. The summed E-state index contributed by atoms with van der Waals surface area (Å²) < 4.78 is 38.1. The van der Waals surface area contributed by atoms with E-state index < -0.39 is 18.6 Å². The summed E-state index contributed by atoms with van der Waals surface area (Å²) in [6.07, 6.45) is -3.21. The number of hydrogen-bond donors (Lipinski definition) is 2. The molecule has 7 heteroatoms. The summed E-state index contributed by atoms with van der Waals surface area (Å²) >= 11 is 0. The maximum absolute atomic E-state index is 12.4. The maximum atomic E-state index is 12.4. The monoisotopic (exact) mass is 298 g/mol. The van der Waals surface area contributed by atoms with E-state index in [0.29, 0.717) is 11.3 Å². The first kappa shape index (κ1) is 15.1. The van der Waals surface area contributed by atoms with Gasteiger partial charge < -0.3 is 15.0 Å². The van der Waals surface area contributed by atoms with Gasteiger partial charge in [-0.05, 0) is 18.2 Å². The van der Waals surface area contributed by atoms with Crippen LogP contribution >= 0.6 is 0 Å². The van der Waals surface area contributed by atoms with Crippen molar-refractivity contribution in [2.45, 2.75) is 19.3 Å². The summed E-state index contributed by atoms with van der Waals surface area (Å²) in [6, 6.07) is 9.21. The number of aromatic nitrogens is 1. The van der Waals surface area contributed by atoms with Gasteiger partial charge in [-0.25, -0.2) is 0 Å². The van der Waals surface area contributed by atoms with E-state index in [2.05, 4.69) is 5.32 Å². The van der Waals surface area contributed by atoms with Gasteiger partial charge in [-0.1, -0.05) is 18.2 Å². The van der Waals surface area contributed by atoms with Gasteiger partial charge in [0.1, 0.15) is 12.2 Å². The molecule has 1 aromatic heterocycles. The Balaban J connectivity index is 2.20. The zero-order valence-electron chi connectivity index (χ0n) is 10.9. The highest BCUT2D eigenvalue weighted by atomic mass is 19.4. The van der Waals surface area contributed by atoms with Gasteiger partial charge in [0.25, 0.3) is 5.91 Å². The molecule has 2 N–H and O–H groups in total. The minimum absolute atomic E-state index is 0.0972. The lowest BCUT2D eigenvalue weighted by atomic mass is 10.2. The summed E-state index contributed by atoms with van der Waals surface area (Å²) in [4.78, 5) is 12.1. The first-order chi connectivity index (χ1) is 9.90. The van der Waals surface area contributed by atoms with E-state index in [1.165, 1.54) is 18.3 Å². The number of para-hydroxylation sites is 1. The highest BCUT2D eigenvalue weighted by molar-refractivity contribution is 6.03. The molecule has 112 valence electrons. The van der Waals surface area contributed by atoms with E-state index in [4.69, 9.17) is 5.11 Å². The number of halogens is 3. The van der Waals surface area contributed by atoms with E-state index in [-0.39, 0.29) is 12.3 Å². The summed E-state index contributed by atoms with van der Waals surface area (Å²) in [7, 11) is 0. The van der Waals surface area contributed by atoms with Gasteiger partial charge >= 0.3 is 6.18 Å². The average molecular weight is 298 g/mol. The fourth-order valence-electron chi connectivity index (χ4n) is 1.92. The Morgan fingerprint density at radius 3 is 2.57 bits per heavy atom. The minimum atomic E-state index is -4.41. The molecular formula is C14H13F3N2O2. The highest BCUT2D eigenvalue weighted by Crippen LogP contribution is 2.20. The Kier molecular flexibility index (Phi) is 4.32. The third-order valence-electron chi connectivity index (χ3n) is 2.85. The summed E-state index contributed by atoms with van der Waals surface area (Å²) in [5.74, 6) is -0.662. The van der Waals surface area contributed by atoms with Crippen LogP contribution in [0.3, 0.4) is 0 Å². The van der Waals surface area contributed by atoms with Gasteiger partial charge in [0.2, 0.25) is 0 Å². The fraction of sp³-hybridized carbons (Fsp3) is 0.214. The number of nitrogens with zero attached hydrogens (tertiary/aromatic N) is 1. The normalized spacial score (nSPS) is 11.4. The first-order valence-electron chi connectivity index (χ1n) is 6.13. The standard InChI is InChI=1S/C14H13F3N2O2/c15-14(16,17)9-19-7-3-6-12(19)13(21)18-11-5-2-1-4-10(11)8-20/h1-7,20H,8-9H2,(H,18,21). The number of anilines is 1. The second-order valence-corrected chi connectivity index (χ2v) is 4.41. The van der Waals surface area contributed by atoms with Gasteiger partial charge in [0.15, 0.2) is 0 Å². The van der Waals surface area contributed by atoms with Crippen molar-refractivity contribution in [2.24, 2.45) is 0 Å². The number of nitrogens with one attached hydrogen (secondary N) is 1. The maximum Gasteiger partial charge on any atom is 0.406 e. The molecular weight excluding hydrogens is 285 g/mol. The second kappa shape index (κ2) is 6.01. The Morgan fingerprint density at radius 1 is 1.19 bits per heavy atom. The molecule has 1 aromatic carbocycles. The van der Waals surface area contributed by atoms with Crippen LogP contribution in [0.2, 0.25) is 0 Å². The molecule has 0 unspecified atom stereocenters. The van der Waals surface area contributed by atoms with Crippen molar-refractivity contribution in [1.29, 1.82) is 0 Å².